The van der Waals surface area contributed by atoms with Gasteiger partial charge in [0.1, 0.15) is 11.5 Å². The first-order valence-electron chi connectivity index (χ1n) is 6.50. The van der Waals surface area contributed by atoms with E-state index in [0.29, 0.717) is 0 Å². The molecule has 0 aliphatic carbocycles. The van der Waals surface area contributed by atoms with Crippen molar-refractivity contribution < 1.29 is 4.42 Å². The summed E-state index contributed by atoms with van der Waals surface area (Å²) in [4.78, 5) is 0. The van der Waals surface area contributed by atoms with Crippen LogP contribution in [-0.4, -0.2) is 0 Å². The van der Waals surface area contributed by atoms with E-state index in [4.69, 9.17) is 16.6 Å². The molecule has 0 N–H and O–H groups in total. The Morgan fingerprint density at radius 1 is 0.750 bits per heavy atom. The molecule has 3 aromatic rings. The van der Waals surface area contributed by atoms with E-state index in [2.05, 4.69) is 31.2 Å². The Kier molecular flexibility index (Phi) is 3.48. The van der Waals surface area contributed by atoms with E-state index in [0.717, 1.165) is 27.2 Å². The first-order chi connectivity index (χ1) is 9.72. The third-order valence-corrected chi connectivity index (χ3v) is 3.40. The molecule has 0 radical (unpaired) electrons. The molecule has 0 unspecified atom stereocenters. The third kappa shape index (κ3) is 2.70. The van der Waals surface area contributed by atoms with Gasteiger partial charge in [0, 0.05) is 15.6 Å². The number of hydrogen-bond acceptors (Lipinski definition) is 2. The Labute approximate surface area is 123 Å². The number of hydrogen-bond donors (Lipinski definition) is 0. The second-order valence-corrected chi connectivity index (χ2v) is 5.23. The third-order valence-electron chi connectivity index (χ3n) is 3.16. The Morgan fingerprint density at radius 2 is 1.30 bits per heavy atom. The molecule has 0 bridgehead atoms. The summed E-state index contributed by atoms with van der Waals surface area (Å²) in [6.45, 7) is 2.07. The molecule has 0 atom stereocenters. The maximum atomic E-state index is 6.00. The maximum absolute atomic E-state index is 6.00. The van der Waals surface area contributed by atoms with Gasteiger partial charge in [0.15, 0.2) is 0 Å². The number of rotatable bonds is 2. The van der Waals surface area contributed by atoms with Gasteiger partial charge in [-0.15, -0.1) is 0 Å². The fraction of sp³-hybridized carbons (Fsp3) is 0.0556. The van der Waals surface area contributed by atoms with Crippen LogP contribution in [-0.2, 0) is 0 Å². The van der Waals surface area contributed by atoms with Crippen LogP contribution in [0.3, 0.4) is 0 Å². The zero-order valence-electron chi connectivity index (χ0n) is 11.2. The highest BCUT2D eigenvalue weighted by molar-refractivity contribution is 7.71. The van der Waals surface area contributed by atoms with Gasteiger partial charge >= 0.3 is 0 Å². The Balaban J connectivity index is 2.12. The van der Waals surface area contributed by atoms with E-state index in [9.17, 15) is 0 Å². The van der Waals surface area contributed by atoms with Crippen molar-refractivity contribution in [2.45, 2.75) is 6.92 Å². The van der Waals surface area contributed by atoms with Crippen LogP contribution in [0.4, 0.5) is 0 Å². The van der Waals surface area contributed by atoms with Crippen molar-refractivity contribution in [1.82, 2.24) is 0 Å². The molecule has 0 aliphatic rings. The molecule has 3 rings (SSSR count). The van der Waals surface area contributed by atoms with Gasteiger partial charge in [0.05, 0.1) is 0 Å². The smallest absolute Gasteiger partial charge is 0.136 e. The van der Waals surface area contributed by atoms with E-state index >= 15 is 0 Å². The molecule has 98 valence electrons. The molecule has 0 saturated heterocycles. The van der Waals surface area contributed by atoms with Gasteiger partial charge in [-0.2, -0.15) is 0 Å². The first kappa shape index (κ1) is 12.8. The lowest BCUT2D eigenvalue weighted by Gasteiger charge is -2.06. The quantitative estimate of drug-likeness (QED) is 0.562. The van der Waals surface area contributed by atoms with Crippen molar-refractivity contribution in [2.24, 2.45) is 0 Å². The fourth-order valence-electron chi connectivity index (χ4n) is 2.08. The molecule has 0 aliphatic heterocycles. The summed E-state index contributed by atoms with van der Waals surface area (Å²) in [7, 11) is 0. The van der Waals surface area contributed by atoms with Gasteiger partial charge in [-0.25, -0.2) is 0 Å². The maximum Gasteiger partial charge on any atom is 0.136 e. The molecular weight excluding hydrogens is 264 g/mol. The van der Waals surface area contributed by atoms with Crippen LogP contribution in [0.25, 0.3) is 22.6 Å². The minimum absolute atomic E-state index is 0.783. The lowest BCUT2D eigenvalue weighted by molar-refractivity contribution is 0.581. The van der Waals surface area contributed by atoms with Crippen LogP contribution in [0.5, 0.6) is 0 Å². The predicted octanol–water partition coefficient (Wildman–Crippen LogP) is 5.65. The summed E-state index contributed by atoms with van der Waals surface area (Å²) in [5.74, 6) is 1.60. The van der Waals surface area contributed by atoms with E-state index < -0.39 is 0 Å². The summed E-state index contributed by atoms with van der Waals surface area (Å²) in [6.07, 6.45) is 0. The van der Waals surface area contributed by atoms with Gasteiger partial charge in [0.2, 0.25) is 0 Å². The van der Waals surface area contributed by atoms with Crippen LogP contribution >= 0.6 is 12.2 Å². The standard InChI is InChI=1S/C18H14OS/c1-13-7-9-15(10-8-13)18-12-16(20)11-17(19-18)14-5-3-2-4-6-14/h2-12H,1H3. The normalized spacial score (nSPS) is 10.4. The van der Waals surface area contributed by atoms with Crippen LogP contribution in [0, 0.1) is 11.4 Å². The van der Waals surface area contributed by atoms with Crippen molar-refractivity contribution >= 4 is 12.2 Å². The molecule has 1 nitrogen and oxygen atoms in total. The Morgan fingerprint density at radius 3 is 1.90 bits per heavy atom. The van der Waals surface area contributed by atoms with Crippen molar-refractivity contribution in [3.8, 4) is 22.6 Å². The van der Waals surface area contributed by atoms with E-state index in [1.807, 2.05) is 42.5 Å². The largest absolute Gasteiger partial charge is 0.456 e. The van der Waals surface area contributed by atoms with Crippen molar-refractivity contribution in [2.75, 3.05) is 0 Å². The SMILES string of the molecule is Cc1ccc(-c2cc(=S)cc(-c3ccccc3)o2)cc1. The van der Waals surface area contributed by atoms with E-state index in [-0.39, 0.29) is 0 Å². The van der Waals surface area contributed by atoms with Crippen LogP contribution < -0.4 is 0 Å². The fourth-order valence-corrected chi connectivity index (χ4v) is 2.30. The highest BCUT2D eigenvalue weighted by Gasteiger charge is 2.05. The Bertz CT molecular complexity index is 771. The summed E-state index contributed by atoms with van der Waals surface area (Å²) < 4.78 is 6.79. The number of benzene rings is 2. The average Bonchev–Trinajstić information content (AvgIpc) is 2.48. The topological polar surface area (TPSA) is 13.1 Å². The molecule has 0 amide bonds. The van der Waals surface area contributed by atoms with Crippen molar-refractivity contribution in [3.63, 3.8) is 0 Å². The van der Waals surface area contributed by atoms with E-state index in [1.165, 1.54) is 5.56 Å². The molecule has 1 aromatic heterocycles. The lowest BCUT2D eigenvalue weighted by Crippen LogP contribution is -1.82. The van der Waals surface area contributed by atoms with E-state index in [1.54, 1.807) is 0 Å². The molecule has 0 fully saturated rings. The average molecular weight is 278 g/mol. The lowest BCUT2D eigenvalue weighted by atomic mass is 10.1. The zero-order chi connectivity index (χ0) is 13.9. The summed E-state index contributed by atoms with van der Waals surface area (Å²) >= 11 is 5.35. The minimum Gasteiger partial charge on any atom is -0.456 e. The second kappa shape index (κ2) is 5.43. The molecule has 0 spiro atoms. The minimum atomic E-state index is 0.783. The van der Waals surface area contributed by atoms with Crippen LogP contribution in [0.15, 0.2) is 71.1 Å². The van der Waals surface area contributed by atoms with Crippen molar-refractivity contribution in [3.05, 3.63) is 76.8 Å². The van der Waals surface area contributed by atoms with Gasteiger partial charge in [0.25, 0.3) is 0 Å². The molecular formula is C18H14OS. The van der Waals surface area contributed by atoms with Crippen LogP contribution in [0.1, 0.15) is 5.56 Å². The molecule has 2 heteroatoms. The zero-order valence-corrected chi connectivity index (χ0v) is 12.0. The molecule has 1 heterocycles. The summed E-state index contributed by atoms with van der Waals surface area (Å²) in [5.41, 5.74) is 3.30. The Hall–Kier alpha value is -2.19. The monoisotopic (exact) mass is 278 g/mol. The molecule has 20 heavy (non-hydrogen) atoms. The van der Waals surface area contributed by atoms with Gasteiger partial charge in [-0.1, -0.05) is 72.4 Å². The first-order valence-corrected chi connectivity index (χ1v) is 6.91. The number of aryl methyl sites for hydroxylation is 1. The van der Waals surface area contributed by atoms with Gasteiger partial charge in [-0.05, 0) is 19.1 Å². The molecule has 2 aromatic carbocycles. The van der Waals surface area contributed by atoms with Crippen molar-refractivity contribution in [1.29, 1.82) is 0 Å². The highest BCUT2D eigenvalue weighted by atomic mass is 32.1. The van der Waals surface area contributed by atoms with Gasteiger partial charge < -0.3 is 4.42 Å². The van der Waals surface area contributed by atoms with Crippen LogP contribution in [0.2, 0.25) is 0 Å². The van der Waals surface area contributed by atoms with Gasteiger partial charge in [-0.3, -0.25) is 0 Å². The summed E-state index contributed by atoms with van der Waals surface area (Å²) in [6, 6.07) is 22.1. The predicted molar refractivity (Wildman–Crippen MR) is 85.2 cm³/mol. The molecule has 0 saturated carbocycles. The summed E-state index contributed by atoms with van der Waals surface area (Å²) in [5, 5.41) is 0. The highest BCUT2D eigenvalue weighted by Crippen LogP contribution is 2.27. The second-order valence-electron chi connectivity index (χ2n) is 4.75.